The molecule has 1 spiro atoms. The van der Waals surface area contributed by atoms with E-state index >= 15 is 0 Å². The van der Waals surface area contributed by atoms with Gasteiger partial charge in [0.2, 0.25) is 0 Å². The minimum atomic E-state index is -0.190. The van der Waals surface area contributed by atoms with Crippen LogP contribution in [0.25, 0.3) is 0 Å². The van der Waals surface area contributed by atoms with E-state index in [1.165, 1.54) is 6.07 Å². The van der Waals surface area contributed by atoms with Crippen molar-refractivity contribution in [2.45, 2.75) is 36.8 Å². The first-order valence-electron chi connectivity index (χ1n) is 9.69. The summed E-state index contributed by atoms with van der Waals surface area (Å²) in [6, 6.07) is 5.41. The Morgan fingerprint density at radius 1 is 1.27 bits per heavy atom. The molecule has 6 heteroatoms. The predicted octanol–water partition coefficient (Wildman–Crippen LogP) is 2.16. The fourth-order valence-electron chi connectivity index (χ4n) is 4.49. The molecule has 144 valence electrons. The van der Waals surface area contributed by atoms with E-state index < -0.39 is 0 Å². The number of piperidine rings is 1. The second-order valence-corrected chi connectivity index (χ2v) is 7.79. The average Bonchev–Trinajstić information content (AvgIpc) is 3.09. The second-order valence-electron chi connectivity index (χ2n) is 7.79. The van der Waals surface area contributed by atoms with Crippen LogP contribution < -0.4 is 10.1 Å². The van der Waals surface area contributed by atoms with Crippen LogP contribution in [0.5, 0.6) is 5.75 Å². The lowest BCUT2D eigenvalue weighted by Gasteiger charge is -2.40. The highest BCUT2D eigenvalue weighted by atomic mass is 19.1. The number of hydrogen-bond acceptors (Lipinski definition) is 5. The van der Waals surface area contributed by atoms with Gasteiger partial charge < -0.3 is 19.5 Å². The molecule has 5 nitrogen and oxygen atoms in total. The summed E-state index contributed by atoms with van der Waals surface area (Å²) in [4.78, 5) is 2.56. The molecule has 1 unspecified atom stereocenters. The van der Waals surface area contributed by atoms with Gasteiger partial charge in [0.15, 0.2) is 0 Å². The smallest absolute Gasteiger partial charge is 0.123 e. The second kappa shape index (κ2) is 7.80. The van der Waals surface area contributed by atoms with Crippen LogP contribution in [0.3, 0.4) is 0 Å². The van der Waals surface area contributed by atoms with Crippen molar-refractivity contribution in [3.8, 4) is 5.75 Å². The molecule has 0 bridgehead atoms. The molecular weight excluding hydrogens is 335 g/mol. The summed E-state index contributed by atoms with van der Waals surface area (Å²) in [5.41, 5.74) is 1.11. The number of nitrogens with one attached hydrogen (secondary N) is 1. The van der Waals surface area contributed by atoms with Crippen molar-refractivity contribution < 1.29 is 18.6 Å². The standard InChI is InChI=1S/C20H29FN2O3/c1-24-8-9-25-19-3-2-16(21)10-18(19)15-4-6-23(7-5-15)17-11-20(26-12-17)13-22-14-20/h2-3,10,15,17,22H,4-9,11-14H2,1H3. The number of methoxy groups -OCH3 is 1. The Hall–Kier alpha value is -1.21. The van der Waals surface area contributed by atoms with Gasteiger partial charge in [-0.05, 0) is 56.5 Å². The lowest BCUT2D eigenvalue weighted by atomic mass is 9.86. The van der Waals surface area contributed by atoms with Gasteiger partial charge in [-0.3, -0.25) is 4.90 Å². The van der Waals surface area contributed by atoms with E-state index in [2.05, 4.69) is 10.2 Å². The highest BCUT2D eigenvalue weighted by Gasteiger charge is 2.47. The molecule has 3 saturated heterocycles. The van der Waals surface area contributed by atoms with Crippen LogP contribution in [-0.4, -0.2) is 69.7 Å². The Kier molecular flexibility index (Phi) is 5.45. The number of halogens is 1. The van der Waals surface area contributed by atoms with Crippen LogP contribution in [0.4, 0.5) is 4.39 Å². The minimum Gasteiger partial charge on any atom is -0.491 e. The van der Waals surface area contributed by atoms with Crippen LogP contribution >= 0.6 is 0 Å². The molecule has 26 heavy (non-hydrogen) atoms. The molecule has 0 aromatic heterocycles. The zero-order valence-electron chi connectivity index (χ0n) is 15.5. The first-order chi connectivity index (χ1) is 12.7. The molecule has 1 N–H and O–H groups in total. The minimum absolute atomic E-state index is 0.104. The van der Waals surface area contributed by atoms with Crippen molar-refractivity contribution in [3.05, 3.63) is 29.6 Å². The summed E-state index contributed by atoms with van der Waals surface area (Å²) in [6.07, 6.45) is 3.20. The first kappa shape index (κ1) is 18.2. The highest BCUT2D eigenvalue weighted by molar-refractivity contribution is 5.37. The Morgan fingerprint density at radius 3 is 2.73 bits per heavy atom. The number of ether oxygens (including phenoxy) is 3. The number of hydrogen-bond donors (Lipinski definition) is 1. The maximum absolute atomic E-state index is 13.8. The quantitative estimate of drug-likeness (QED) is 0.784. The molecule has 1 atom stereocenters. The number of benzene rings is 1. The van der Waals surface area contributed by atoms with E-state index in [0.717, 1.165) is 63.4 Å². The molecule has 3 fully saturated rings. The van der Waals surface area contributed by atoms with Gasteiger partial charge in [-0.1, -0.05) is 0 Å². The fraction of sp³-hybridized carbons (Fsp3) is 0.700. The molecule has 4 rings (SSSR count). The van der Waals surface area contributed by atoms with Gasteiger partial charge in [0.25, 0.3) is 0 Å². The molecule has 3 heterocycles. The van der Waals surface area contributed by atoms with Crippen molar-refractivity contribution in [2.24, 2.45) is 0 Å². The molecule has 0 aliphatic carbocycles. The maximum Gasteiger partial charge on any atom is 0.123 e. The summed E-state index contributed by atoms with van der Waals surface area (Å²) in [5, 5.41) is 3.33. The summed E-state index contributed by atoms with van der Waals surface area (Å²) in [5.74, 6) is 0.955. The number of nitrogens with zero attached hydrogens (tertiary/aromatic N) is 1. The van der Waals surface area contributed by atoms with E-state index in [1.54, 1.807) is 19.2 Å². The van der Waals surface area contributed by atoms with E-state index in [-0.39, 0.29) is 11.4 Å². The Bertz CT molecular complexity index is 615. The van der Waals surface area contributed by atoms with Crippen molar-refractivity contribution in [1.82, 2.24) is 10.2 Å². The molecule has 1 aromatic rings. The lowest BCUT2D eigenvalue weighted by Crippen LogP contribution is -2.59. The van der Waals surface area contributed by atoms with Crippen LogP contribution in [0, 0.1) is 5.82 Å². The van der Waals surface area contributed by atoms with Gasteiger partial charge in [0.1, 0.15) is 18.2 Å². The van der Waals surface area contributed by atoms with E-state index in [0.29, 0.717) is 25.2 Å². The Morgan fingerprint density at radius 2 is 2.08 bits per heavy atom. The first-order valence-corrected chi connectivity index (χ1v) is 9.69. The van der Waals surface area contributed by atoms with Gasteiger partial charge in [0, 0.05) is 31.8 Å². The molecule has 3 aliphatic rings. The monoisotopic (exact) mass is 364 g/mol. The molecular formula is C20H29FN2O3. The van der Waals surface area contributed by atoms with E-state index in [4.69, 9.17) is 14.2 Å². The molecule has 0 amide bonds. The predicted molar refractivity (Wildman–Crippen MR) is 97.3 cm³/mol. The average molecular weight is 364 g/mol. The summed E-state index contributed by atoms with van der Waals surface area (Å²) >= 11 is 0. The third-order valence-electron chi connectivity index (χ3n) is 6.09. The Labute approximate surface area is 154 Å². The van der Waals surface area contributed by atoms with Gasteiger partial charge >= 0.3 is 0 Å². The van der Waals surface area contributed by atoms with Crippen molar-refractivity contribution >= 4 is 0 Å². The van der Waals surface area contributed by atoms with Crippen LogP contribution in [0.1, 0.15) is 30.7 Å². The zero-order valence-corrected chi connectivity index (χ0v) is 15.5. The van der Waals surface area contributed by atoms with Crippen molar-refractivity contribution in [2.75, 3.05) is 53.1 Å². The van der Waals surface area contributed by atoms with Crippen LogP contribution in [0.2, 0.25) is 0 Å². The van der Waals surface area contributed by atoms with E-state index in [9.17, 15) is 4.39 Å². The SMILES string of the molecule is COCCOc1ccc(F)cc1C1CCN(C2COC3(CNC3)C2)CC1. The highest BCUT2D eigenvalue weighted by Crippen LogP contribution is 2.38. The van der Waals surface area contributed by atoms with Crippen molar-refractivity contribution in [1.29, 1.82) is 0 Å². The lowest BCUT2D eigenvalue weighted by molar-refractivity contribution is -0.0367. The third-order valence-corrected chi connectivity index (χ3v) is 6.09. The molecule has 3 aliphatic heterocycles. The number of rotatable bonds is 6. The summed E-state index contributed by atoms with van der Waals surface area (Å²) in [6.45, 7) is 5.93. The summed E-state index contributed by atoms with van der Waals surface area (Å²) in [7, 11) is 1.65. The van der Waals surface area contributed by atoms with Crippen LogP contribution in [-0.2, 0) is 9.47 Å². The third kappa shape index (κ3) is 3.74. The zero-order chi connectivity index (χ0) is 18.0. The van der Waals surface area contributed by atoms with Gasteiger partial charge in [-0.2, -0.15) is 0 Å². The van der Waals surface area contributed by atoms with Crippen molar-refractivity contribution in [3.63, 3.8) is 0 Å². The largest absolute Gasteiger partial charge is 0.491 e. The number of likely N-dealkylation sites (tertiary alicyclic amines) is 1. The Balaban J connectivity index is 1.36. The molecule has 0 radical (unpaired) electrons. The fourth-order valence-corrected chi connectivity index (χ4v) is 4.49. The molecule has 0 saturated carbocycles. The normalized spacial score (nSPS) is 26.2. The summed E-state index contributed by atoms with van der Waals surface area (Å²) < 4.78 is 30.8. The van der Waals surface area contributed by atoms with Gasteiger partial charge in [0.05, 0.1) is 18.8 Å². The van der Waals surface area contributed by atoms with E-state index in [1.807, 2.05) is 0 Å². The van der Waals surface area contributed by atoms with Gasteiger partial charge in [-0.25, -0.2) is 4.39 Å². The maximum atomic E-state index is 13.8. The molecule has 1 aromatic carbocycles. The van der Waals surface area contributed by atoms with Gasteiger partial charge in [-0.15, -0.1) is 0 Å². The van der Waals surface area contributed by atoms with Crippen LogP contribution in [0.15, 0.2) is 18.2 Å². The topological polar surface area (TPSA) is 43.0 Å².